The first-order valence-corrected chi connectivity index (χ1v) is 6.77. The van der Waals surface area contributed by atoms with Gasteiger partial charge in [-0.1, -0.05) is 12.1 Å². The van der Waals surface area contributed by atoms with E-state index in [-0.39, 0.29) is 0 Å². The number of carboxylic acid groups (broad SMARTS) is 1. The van der Waals surface area contributed by atoms with E-state index in [4.69, 9.17) is 5.11 Å². The van der Waals surface area contributed by atoms with Gasteiger partial charge in [-0.15, -0.1) is 0 Å². The molecule has 88 valence electrons. The Morgan fingerprint density at radius 2 is 2.00 bits per heavy atom. The van der Waals surface area contributed by atoms with Gasteiger partial charge in [0.05, 0.1) is 10.2 Å². The first-order chi connectivity index (χ1) is 8.06. The third kappa shape index (κ3) is 3.10. The van der Waals surface area contributed by atoms with Gasteiger partial charge >= 0.3 is 5.97 Å². The predicted molar refractivity (Wildman–Crippen MR) is 77.4 cm³/mol. The molecule has 0 aliphatic heterocycles. The monoisotopic (exact) mass is 405 g/mol. The lowest BCUT2D eigenvalue weighted by Gasteiger charge is -2.05. The van der Waals surface area contributed by atoms with Gasteiger partial charge in [0.15, 0.2) is 0 Å². The maximum atomic E-state index is 10.8. The Morgan fingerprint density at radius 3 is 2.53 bits per heavy atom. The van der Waals surface area contributed by atoms with Gasteiger partial charge in [0.1, 0.15) is 0 Å². The van der Waals surface area contributed by atoms with Crippen molar-refractivity contribution in [2.75, 3.05) is 0 Å². The molecular weight excluding hydrogens is 397 g/mol. The molecule has 1 aromatic heterocycles. The van der Waals surface area contributed by atoms with Crippen LogP contribution < -0.4 is 0 Å². The first kappa shape index (κ1) is 12.6. The Morgan fingerprint density at radius 1 is 1.35 bits per heavy atom. The van der Waals surface area contributed by atoms with Crippen LogP contribution in [0, 0.1) is 3.57 Å². The van der Waals surface area contributed by atoms with Crippen molar-refractivity contribution in [3.8, 4) is 0 Å². The maximum Gasteiger partial charge on any atom is 0.337 e. The van der Waals surface area contributed by atoms with Crippen molar-refractivity contribution in [1.82, 2.24) is 4.57 Å². The molecule has 0 bridgehead atoms. The standard InChI is InChI=1S/C12H9BrINO2/c13-11-5-9(12(16)17)7-15(11)6-8-1-3-10(14)4-2-8/h1-5,7H,6H2,(H,16,17). The second kappa shape index (κ2) is 5.22. The molecule has 0 spiro atoms. The van der Waals surface area contributed by atoms with E-state index >= 15 is 0 Å². The molecule has 3 nitrogen and oxygen atoms in total. The predicted octanol–water partition coefficient (Wildman–Crippen LogP) is 3.60. The quantitative estimate of drug-likeness (QED) is 0.792. The minimum absolute atomic E-state index is 0.294. The van der Waals surface area contributed by atoms with Crippen LogP contribution in [0.2, 0.25) is 0 Å². The minimum atomic E-state index is -0.910. The van der Waals surface area contributed by atoms with Gasteiger partial charge in [-0.3, -0.25) is 0 Å². The third-order valence-corrected chi connectivity index (χ3v) is 3.76. The van der Waals surface area contributed by atoms with Gasteiger partial charge in [-0.2, -0.15) is 0 Å². The van der Waals surface area contributed by atoms with E-state index in [9.17, 15) is 4.79 Å². The van der Waals surface area contributed by atoms with Gasteiger partial charge in [0.25, 0.3) is 0 Å². The van der Waals surface area contributed by atoms with Gasteiger partial charge in [0, 0.05) is 16.3 Å². The van der Waals surface area contributed by atoms with Crippen LogP contribution in [0.5, 0.6) is 0 Å². The molecule has 0 fully saturated rings. The summed E-state index contributed by atoms with van der Waals surface area (Å²) in [6.45, 7) is 0.658. The smallest absolute Gasteiger partial charge is 0.337 e. The second-order valence-electron chi connectivity index (χ2n) is 3.61. The number of hydrogen-bond acceptors (Lipinski definition) is 1. The van der Waals surface area contributed by atoms with Crippen molar-refractivity contribution in [2.24, 2.45) is 0 Å². The van der Waals surface area contributed by atoms with Crippen LogP contribution >= 0.6 is 38.5 Å². The molecule has 0 amide bonds. The average Bonchev–Trinajstić information content (AvgIpc) is 2.64. The van der Waals surface area contributed by atoms with Crippen LogP contribution in [-0.4, -0.2) is 15.6 Å². The summed E-state index contributed by atoms with van der Waals surface area (Å²) < 4.78 is 3.82. The molecule has 0 saturated heterocycles. The Kier molecular flexibility index (Phi) is 3.88. The summed E-state index contributed by atoms with van der Waals surface area (Å²) in [6, 6.07) is 9.75. The van der Waals surface area contributed by atoms with Crippen LogP contribution in [0.3, 0.4) is 0 Å². The zero-order valence-electron chi connectivity index (χ0n) is 8.73. The molecule has 0 unspecified atom stereocenters. The first-order valence-electron chi connectivity index (χ1n) is 4.89. The molecule has 0 aliphatic carbocycles. The zero-order chi connectivity index (χ0) is 12.4. The molecule has 1 aromatic carbocycles. The van der Waals surface area contributed by atoms with E-state index in [1.807, 2.05) is 28.8 Å². The van der Waals surface area contributed by atoms with Crippen LogP contribution in [0.4, 0.5) is 0 Å². The van der Waals surface area contributed by atoms with Crippen LogP contribution in [0.1, 0.15) is 15.9 Å². The van der Waals surface area contributed by atoms with Crippen LogP contribution in [-0.2, 0) is 6.54 Å². The lowest BCUT2D eigenvalue weighted by atomic mass is 10.2. The fraction of sp³-hybridized carbons (Fsp3) is 0.0833. The summed E-state index contributed by atoms with van der Waals surface area (Å²) >= 11 is 5.61. The molecule has 0 aliphatic rings. The Balaban J connectivity index is 2.24. The number of carboxylic acids is 1. The summed E-state index contributed by atoms with van der Waals surface area (Å²) in [5.74, 6) is -0.910. The highest BCUT2D eigenvalue weighted by Crippen LogP contribution is 2.18. The summed E-state index contributed by atoms with van der Waals surface area (Å²) in [6.07, 6.45) is 1.63. The fourth-order valence-electron chi connectivity index (χ4n) is 1.50. The normalized spacial score (nSPS) is 10.5. The number of rotatable bonds is 3. The zero-order valence-corrected chi connectivity index (χ0v) is 12.5. The van der Waals surface area contributed by atoms with Crippen molar-refractivity contribution < 1.29 is 9.90 Å². The Hall–Kier alpha value is -0.820. The summed E-state index contributed by atoms with van der Waals surface area (Å²) in [5.41, 5.74) is 1.43. The molecule has 1 heterocycles. The number of aromatic carboxylic acids is 1. The highest BCUT2D eigenvalue weighted by atomic mass is 127. The van der Waals surface area contributed by atoms with Crippen molar-refractivity contribution in [3.05, 3.63) is 55.8 Å². The largest absolute Gasteiger partial charge is 0.478 e. The number of carbonyl (C=O) groups is 1. The third-order valence-electron chi connectivity index (χ3n) is 2.36. The molecule has 2 rings (SSSR count). The van der Waals surface area contributed by atoms with E-state index in [0.29, 0.717) is 12.1 Å². The number of halogens is 2. The average molecular weight is 406 g/mol. The molecule has 0 saturated carbocycles. The minimum Gasteiger partial charge on any atom is -0.478 e. The molecule has 2 aromatic rings. The van der Waals surface area contributed by atoms with Crippen molar-refractivity contribution in [1.29, 1.82) is 0 Å². The maximum absolute atomic E-state index is 10.8. The van der Waals surface area contributed by atoms with E-state index in [2.05, 4.69) is 38.5 Å². The topological polar surface area (TPSA) is 42.2 Å². The SMILES string of the molecule is O=C(O)c1cc(Br)n(Cc2ccc(I)cc2)c1. The van der Waals surface area contributed by atoms with E-state index in [0.717, 1.165) is 10.2 Å². The van der Waals surface area contributed by atoms with Crippen LogP contribution in [0.25, 0.3) is 0 Å². The van der Waals surface area contributed by atoms with Gasteiger partial charge < -0.3 is 9.67 Å². The Bertz CT molecular complexity index is 548. The lowest BCUT2D eigenvalue weighted by molar-refractivity contribution is 0.0697. The molecule has 5 heteroatoms. The summed E-state index contributed by atoms with van der Waals surface area (Å²) in [4.78, 5) is 10.8. The Labute approximate surface area is 121 Å². The van der Waals surface area contributed by atoms with Crippen molar-refractivity contribution in [3.63, 3.8) is 0 Å². The van der Waals surface area contributed by atoms with Gasteiger partial charge in [-0.25, -0.2) is 4.79 Å². The van der Waals surface area contributed by atoms with Crippen molar-refractivity contribution in [2.45, 2.75) is 6.54 Å². The molecular formula is C12H9BrINO2. The highest BCUT2D eigenvalue weighted by molar-refractivity contribution is 14.1. The number of benzene rings is 1. The number of hydrogen-bond donors (Lipinski definition) is 1. The number of aromatic nitrogens is 1. The molecule has 0 radical (unpaired) electrons. The van der Waals surface area contributed by atoms with E-state index in [1.54, 1.807) is 12.3 Å². The summed E-state index contributed by atoms with van der Waals surface area (Å²) in [5, 5.41) is 8.89. The number of nitrogens with zero attached hydrogens (tertiary/aromatic N) is 1. The fourth-order valence-corrected chi connectivity index (χ4v) is 2.34. The van der Waals surface area contributed by atoms with Crippen molar-refractivity contribution >= 4 is 44.5 Å². The molecule has 1 N–H and O–H groups in total. The van der Waals surface area contributed by atoms with E-state index in [1.165, 1.54) is 3.57 Å². The van der Waals surface area contributed by atoms with Crippen LogP contribution in [0.15, 0.2) is 41.1 Å². The highest BCUT2D eigenvalue weighted by Gasteiger charge is 2.09. The van der Waals surface area contributed by atoms with Gasteiger partial charge in [0.2, 0.25) is 0 Å². The molecule has 17 heavy (non-hydrogen) atoms. The summed E-state index contributed by atoms with van der Waals surface area (Å²) in [7, 11) is 0. The molecule has 0 atom stereocenters. The van der Waals surface area contributed by atoms with E-state index < -0.39 is 5.97 Å². The second-order valence-corrected chi connectivity index (χ2v) is 5.67. The van der Waals surface area contributed by atoms with Gasteiger partial charge in [-0.05, 0) is 62.3 Å². The lowest BCUT2D eigenvalue weighted by Crippen LogP contribution is -1.99.